The predicted molar refractivity (Wildman–Crippen MR) is 125 cm³/mol. The molecule has 30 heavy (non-hydrogen) atoms. The summed E-state index contributed by atoms with van der Waals surface area (Å²) in [6, 6.07) is 6.19. The number of sulfonamides is 1. The summed E-state index contributed by atoms with van der Waals surface area (Å²) in [6.45, 7) is 5.75. The fraction of sp³-hybridized carbons (Fsp3) is 0.579. The molecule has 0 aliphatic carbocycles. The van der Waals surface area contributed by atoms with Crippen molar-refractivity contribution in [3.05, 3.63) is 35.1 Å². The second-order valence-corrected chi connectivity index (χ2v) is 9.03. The summed E-state index contributed by atoms with van der Waals surface area (Å²) in [5.74, 6) is 0.130. The molecule has 11 heteroatoms. The van der Waals surface area contributed by atoms with Crippen molar-refractivity contribution in [2.24, 2.45) is 4.99 Å². The van der Waals surface area contributed by atoms with E-state index in [0.29, 0.717) is 43.3 Å². The molecular formula is C19H29FIN5O3S. The molecule has 1 heterocycles. The van der Waals surface area contributed by atoms with Gasteiger partial charge in [-0.05, 0) is 32.0 Å². The summed E-state index contributed by atoms with van der Waals surface area (Å²) in [4.78, 5) is 6.14. The average molecular weight is 553 g/mol. The first-order chi connectivity index (χ1) is 13.8. The van der Waals surface area contributed by atoms with E-state index in [1.54, 1.807) is 7.05 Å². The number of nitriles is 1. The van der Waals surface area contributed by atoms with Crippen LogP contribution in [0.5, 0.6) is 0 Å². The van der Waals surface area contributed by atoms with Crippen LogP contribution in [-0.2, 0) is 21.3 Å². The van der Waals surface area contributed by atoms with Crippen molar-refractivity contribution >= 4 is 40.0 Å². The molecule has 1 fully saturated rings. The van der Waals surface area contributed by atoms with Crippen LogP contribution in [0.25, 0.3) is 0 Å². The van der Waals surface area contributed by atoms with Crippen molar-refractivity contribution in [1.82, 2.24) is 14.5 Å². The lowest BCUT2D eigenvalue weighted by Gasteiger charge is -2.35. The molecule has 0 radical (unpaired) electrons. The van der Waals surface area contributed by atoms with Crippen molar-refractivity contribution < 1.29 is 17.5 Å². The van der Waals surface area contributed by atoms with E-state index in [9.17, 15) is 12.8 Å². The summed E-state index contributed by atoms with van der Waals surface area (Å²) < 4.78 is 45.6. The van der Waals surface area contributed by atoms with Gasteiger partial charge in [0.05, 0.1) is 30.1 Å². The number of piperazine rings is 1. The van der Waals surface area contributed by atoms with Gasteiger partial charge in [-0.15, -0.1) is 24.0 Å². The Bertz CT molecular complexity index is 865. The van der Waals surface area contributed by atoms with Gasteiger partial charge in [0.15, 0.2) is 5.96 Å². The molecule has 1 saturated heterocycles. The van der Waals surface area contributed by atoms with Gasteiger partial charge in [0.2, 0.25) is 10.0 Å². The minimum Gasteiger partial charge on any atom is -0.378 e. The molecule has 2 rings (SSSR count). The summed E-state index contributed by atoms with van der Waals surface area (Å²) in [5, 5.41) is 12.1. The van der Waals surface area contributed by atoms with Gasteiger partial charge in [-0.2, -0.15) is 9.57 Å². The molecular weight excluding hydrogens is 524 g/mol. The summed E-state index contributed by atoms with van der Waals surface area (Å²) >= 11 is 0. The highest BCUT2D eigenvalue weighted by Crippen LogP contribution is 2.12. The third-order valence-corrected chi connectivity index (χ3v) is 6.38. The average Bonchev–Trinajstić information content (AvgIpc) is 2.69. The second-order valence-electron chi connectivity index (χ2n) is 6.94. The molecule has 0 aromatic heterocycles. The largest absolute Gasteiger partial charge is 0.378 e. The molecule has 8 nitrogen and oxygen atoms in total. The number of guanidine groups is 1. The third-order valence-electron chi connectivity index (χ3n) is 4.55. The Labute approximate surface area is 195 Å². The third kappa shape index (κ3) is 7.64. The molecule has 0 atom stereocenters. The zero-order chi connectivity index (χ0) is 21.4. The number of nitrogens with zero attached hydrogens (tertiary/aromatic N) is 4. The van der Waals surface area contributed by atoms with Crippen LogP contribution >= 0.6 is 24.0 Å². The molecule has 0 bridgehead atoms. The van der Waals surface area contributed by atoms with Crippen LogP contribution in [0.4, 0.5) is 4.39 Å². The summed E-state index contributed by atoms with van der Waals surface area (Å²) in [7, 11) is -1.74. The number of benzene rings is 1. The van der Waals surface area contributed by atoms with Crippen LogP contribution in [-0.4, -0.2) is 75.3 Å². The van der Waals surface area contributed by atoms with E-state index in [0.717, 1.165) is 0 Å². The van der Waals surface area contributed by atoms with Gasteiger partial charge in [0, 0.05) is 45.3 Å². The van der Waals surface area contributed by atoms with Crippen LogP contribution in [0.2, 0.25) is 0 Å². The topological polar surface area (TPSA) is 98.0 Å². The first-order valence-corrected chi connectivity index (χ1v) is 11.1. The molecule has 1 aromatic carbocycles. The minimum atomic E-state index is -3.36. The van der Waals surface area contributed by atoms with Crippen molar-refractivity contribution in [3.8, 4) is 6.07 Å². The maximum atomic E-state index is 14.0. The number of aliphatic imine (C=N–C) groups is 1. The maximum Gasteiger partial charge on any atom is 0.216 e. The lowest BCUT2D eigenvalue weighted by atomic mass is 10.1. The molecule has 0 saturated carbocycles. The van der Waals surface area contributed by atoms with E-state index < -0.39 is 15.8 Å². The van der Waals surface area contributed by atoms with Crippen molar-refractivity contribution in [2.75, 3.05) is 45.6 Å². The van der Waals surface area contributed by atoms with Gasteiger partial charge in [0.1, 0.15) is 5.82 Å². The fourth-order valence-electron chi connectivity index (χ4n) is 2.98. The minimum absolute atomic E-state index is 0. The number of hydrogen-bond donors (Lipinski definition) is 1. The Morgan fingerprint density at radius 1 is 1.33 bits per heavy atom. The molecule has 1 aliphatic rings. The monoisotopic (exact) mass is 553 g/mol. The van der Waals surface area contributed by atoms with Crippen molar-refractivity contribution in [3.63, 3.8) is 0 Å². The van der Waals surface area contributed by atoms with E-state index in [2.05, 4.69) is 10.3 Å². The quantitative estimate of drug-likeness (QED) is 0.314. The molecule has 0 amide bonds. The van der Waals surface area contributed by atoms with E-state index >= 15 is 0 Å². The number of halogens is 2. The maximum absolute atomic E-state index is 14.0. The van der Waals surface area contributed by atoms with E-state index in [-0.39, 0.29) is 49.0 Å². The number of nitrogens with one attached hydrogen (secondary N) is 1. The van der Waals surface area contributed by atoms with E-state index in [1.807, 2.05) is 24.8 Å². The van der Waals surface area contributed by atoms with Gasteiger partial charge in [-0.3, -0.25) is 4.99 Å². The Balaban J connectivity index is 0.00000450. The van der Waals surface area contributed by atoms with Crippen LogP contribution in [0.3, 0.4) is 0 Å². The fourth-order valence-corrected chi connectivity index (χ4v) is 4.27. The van der Waals surface area contributed by atoms with E-state index in [1.165, 1.54) is 22.5 Å². The van der Waals surface area contributed by atoms with Crippen molar-refractivity contribution in [2.45, 2.75) is 26.5 Å². The molecule has 1 aliphatic heterocycles. The van der Waals surface area contributed by atoms with E-state index in [4.69, 9.17) is 10.00 Å². The normalized spacial score (nSPS) is 15.6. The molecule has 1 aromatic rings. The second kappa shape index (κ2) is 12.4. The van der Waals surface area contributed by atoms with Crippen LogP contribution in [0, 0.1) is 17.1 Å². The first-order valence-electron chi connectivity index (χ1n) is 9.50. The highest BCUT2D eigenvalue weighted by atomic mass is 127. The predicted octanol–water partition coefficient (Wildman–Crippen LogP) is 1.76. The number of ether oxygens (including phenoxy) is 1. The summed E-state index contributed by atoms with van der Waals surface area (Å²) in [6.07, 6.45) is -0.00450. The lowest BCUT2D eigenvalue weighted by Crippen LogP contribution is -2.54. The van der Waals surface area contributed by atoms with Gasteiger partial charge >= 0.3 is 0 Å². The molecule has 168 valence electrons. The molecule has 0 spiro atoms. The Morgan fingerprint density at radius 3 is 2.57 bits per heavy atom. The highest BCUT2D eigenvalue weighted by Gasteiger charge is 2.28. The Hall–Kier alpha value is -1.49. The Morgan fingerprint density at radius 2 is 2.00 bits per heavy atom. The Kier molecular flexibility index (Phi) is 11.0. The van der Waals surface area contributed by atoms with Gasteiger partial charge in [-0.25, -0.2) is 12.8 Å². The highest BCUT2D eigenvalue weighted by molar-refractivity contribution is 14.0. The number of hydrogen-bond acceptors (Lipinski definition) is 5. The van der Waals surface area contributed by atoms with Gasteiger partial charge < -0.3 is 15.0 Å². The standard InChI is InChI=1S/C19H28FN5O3S.HI/c1-15(2)28-10-11-29(26,27)25-8-6-24(7-9-25)19(22-3)23-14-17-12-16(13-21)4-5-18(17)20;/h4-5,12,15H,6-11,14H2,1-3H3,(H,22,23);1H. The zero-order valence-electron chi connectivity index (χ0n) is 17.5. The van der Waals surface area contributed by atoms with Gasteiger partial charge in [-0.1, -0.05) is 0 Å². The van der Waals surface area contributed by atoms with Crippen molar-refractivity contribution in [1.29, 1.82) is 5.26 Å². The smallest absolute Gasteiger partial charge is 0.216 e. The van der Waals surface area contributed by atoms with Crippen LogP contribution < -0.4 is 5.32 Å². The zero-order valence-corrected chi connectivity index (χ0v) is 20.6. The van der Waals surface area contributed by atoms with Gasteiger partial charge in [0.25, 0.3) is 0 Å². The molecule has 0 unspecified atom stereocenters. The van der Waals surface area contributed by atoms with Crippen LogP contribution in [0.1, 0.15) is 25.0 Å². The SMILES string of the molecule is CN=C(NCc1cc(C#N)ccc1F)N1CCN(S(=O)(=O)CCOC(C)C)CC1.I. The van der Waals surface area contributed by atoms with Crippen LogP contribution in [0.15, 0.2) is 23.2 Å². The lowest BCUT2D eigenvalue weighted by molar-refractivity contribution is 0.0904. The summed E-state index contributed by atoms with van der Waals surface area (Å²) in [5.41, 5.74) is 0.759. The first kappa shape index (κ1) is 26.5. The molecule has 1 N–H and O–H groups in total. The number of rotatable bonds is 7.